The van der Waals surface area contributed by atoms with Crippen LogP contribution >= 0.6 is 0 Å². The lowest BCUT2D eigenvalue weighted by atomic mass is 9.90. The molecule has 0 bridgehead atoms. The number of carbonyl (C=O) groups is 1. The van der Waals surface area contributed by atoms with Crippen LogP contribution in [0.5, 0.6) is 0 Å². The average Bonchev–Trinajstić information content (AvgIpc) is 2.17. The molecule has 1 atom stereocenters. The van der Waals surface area contributed by atoms with Crippen molar-refractivity contribution in [1.29, 1.82) is 0 Å². The highest BCUT2D eigenvalue weighted by atomic mass is 16.4. The number of carboxylic acid groups (broad SMARTS) is 1. The molecule has 0 aromatic rings. The second-order valence-electron chi connectivity index (χ2n) is 3.22. The van der Waals surface area contributed by atoms with Gasteiger partial charge in [-0.1, -0.05) is 18.2 Å². The molecular formula is C10H11NO2. The molecule has 0 aromatic carbocycles. The van der Waals surface area contributed by atoms with Gasteiger partial charge in [-0.05, 0) is 17.6 Å². The minimum atomic E-state index is -0.777. The molecule has 3 heteroatoms. The van der Waals surface area contributed by atoms with Crippen LogP contribution < -0.4 is 5.32 Å². The Morgan fingerprint density at radius 1 is 1.62 bits per heavy atom. The second-order valence-corrected chi connectivity index (χ2v) is 3.22. The normalized spacial score (nSPS) is 25.4. The number of hydrogen-bond acceptors (Lipinski definition) is 2. The highest BCUT2D eigenvalue weighted by Gasteiger charge is 2.18. The predicted octanol–water partition coefficient (Wildman–Crippen LogP) is 1.06. The number of allylic oxidation sites excluding steroid dienone is 2. The molecule has 0 radical (unpaired) electrons. The third kappa shape index (κ3) is 1.49. The molecule has 0 fully saturated rings. The number of fused-ring (bicyclic) bond motifs is 1. The summed E-state index contributed by atoms with van der Waals surface area (Å²) >= 11 is 0. The summed E-state index contributed by atoms with van der Waals surface area (Å²) in [5.41, 5.74) is 2.26. The van der Waals surface area contributed by atoms with Crippen molar-refractivity contribution in [3.05, 3.63) is 35.6 Å². The highest BCUT2D eigenvalue weighted by Crippen LogP contribution is 2.25. The van der Waals surface area contributed by atoms with Crippen molar-refractivity contribution in [3.8, 4) is 0 Å². The van der Waals surface area contributed by atoms with E-state index in [9.17, 15) is 4.79 Å². The van der Waals surface area contributed by atoms with Crippen molar-refractivity contribution in [2.24, 2.45) is 5.92 Å². The van der Waals surface area contributed by atoms with Crippen LogP contribution in [0.3, 0.4) is 0 Å². The highest BCUT2D eigenvalue weighted by molar-refractivity contribution is 5.76. The third-order valence-electron chi connectivity index (χ3n) is 2.32. The minimum absolute atomic E-state index is 0.440. The first-order valence-electron chi connectivity index (χ1n) is 4.33. The van der Waals surface area contributed by atoms with Crippen molar-refractivity contribution in [2.75, 3.05) is 6.54 Å². The molecule has 1 unspecified atom stereocenters. The zero-order chi connectivity index (χ0) is 9.26. The number of aliphatic carboxylic acids is 1. The van der Waals surface area contributed by atoms with Gasteiger partial charge < -0.3 is 10.4 Å². The van der Waals surface area contributed by atoms with Gasteiger partial charge in [0, 0.05) is 12.7 Å². The van der Waals surface area contributed by atoms with Gasteiger partial charge >= 0.3 is 5.97 Å². The molecule has 1 aliphatic carbocycles. The Morgan fingerprint density at radius 3 is 3.23 bits per heavy atom. The van der Waals surface area contributed by atoms with E-state index >= 15 is 0 Å². The average molecular weight is 177 g/mol. The summed E-state index contributed by atoms with van der Waals surface area (Å²) in [6, 6.07) is 0. The van der Waals surface area contributed by atoms with Gasteiger partial charge in [0.05, 0.1) is 5.92 Å². The van der Waals surface area contributed by atoms with E-state index in [4.69, 9.17) is 5.11 Å². The summed E-state index contributed by atoms with van der Waals surface area (Å²) in [5.74, 6) is -1.22. The molecule has 2 N–H and O–H groups in total. The molecule has 13 heavy (non-hydrogen) atoms. The van der Waals surface area contributed by atoms with Crippen molar-refractivity contribution in [1.82, 2.24) is 5.32 Å². The van der Waals surface area contributed by atoms with Crippen molar-refractivity contribution in [3.63, 3.8) is 0 Å². The van der Waals surface area contributed by atoms with Gasteiger partial charge in [0.2, 0.25) is 0 Å². The van der Waals surface area contributed by atoms with Crippen molar-refractivity contribution < 1.29 is 9.90 Å². The van der Waals surface area contributed by atoms with Gasteiger partial charge in [-0.15, -0.1) is 0 Å². The first-order chi connectivity index (χ1) is 6.27. The number of nitrogens with one attached hydrogen (secondary N) is 1. The Morgan fingerprint density at radius 2 is 2.46 bits per heavy atom. The molecule has 68 valence electrons. The Kier molecular flexibility index (Phi) is 1.93. The quantitative estimate of drug-likeness (QED) is 0.629. The maximum atomic E-state index is 10.7. The van der Waals surface area contributed by atoms with Crippen LogP contribution in [0.4, 0.5) is 0 Å². The summed E-state index contributed by atoms with van der Waals surface area (Å²) in [5, 5.41) is 11.9. The third-order valence-corrected chi connectivity index (χ3v) is 2.32. The first kappa shape index (κ1) is 8.10. The van der Waals surface area contributed by atoms with Gasteiger partial charge in [0.25, 0.3) is 0 Å². The molecule has 0 aromatic heterocycles. The van der Waals surface area contributed by atoms with Crippen LogP contribution in [-0.2, 0) is 4.79 Å². The van der Waals surface area contributed by atoms with E-state index in [0.717, 1.165) is 24.1 Å². The molecule has 2 aliphatic rings. The predicted molar refractivity (Wildman–Crippen MR) is 49.1 cm³/mol. The molecule has 3 nitrogen and oxygen atoms in total. The fourth-order valence-corrected chi connectivity index (χ4v) is 1.59. The molecule has 0 saturated heterocycles. The van der Waals surface area contributed by atoms with Crippen LogP contribution in [0.25, 0.3) is 0 Å². The molecule has 1 heterocycles. The maximum absolute atomic E-state index is 10.7. The van der Waals surface area contributed by atoms with Crippen LogP contribution in [-0.4, -0.2) is 17.6 Å². The summed E-state index contributed by atoms with van der Waals surface area (Å²) in [7, 11) is 0. The van der Waals surface area contributed by atoms with E-state index in [1.807, 2.05) is 18.4 Å². The van der Waals surface area contributed by atoms with E-state index in [1.165, 1.54) is 0 Å². The lowest BCUT2D eigenvalue weighted by molar-refractivity contribution is -0.138. The van der Waals surface area contributed by atoms with Crippen LogP contribution in [0.1, 0.15) is 6.42 Å². The summed E-state index contributed by atoms with van der Waals surface area (Å²) in [4.78, 5) is 10.7. The largest absolute Gasteiger partial charge is 0.481 e. The molecule has 0 amide bonds. The van der Waals surface area contributed by atoms with Crippen LogP contribution in [0.15, 0.2) is 35.6 Å². The van der Waals surface area contributed by atoms with Gasteiger partial charge in [0.15, 0.2) is 0 Å². The van der Waals surface area contributed by atoms with E-state index < -0.39 is 11.9 Å². The van der Waals surface area contributed by atoms with Crippen LogP contribution in [0.2, 0.25) is 0 Å². The van der Waals surface area contributed by atoms with E-state index in [1.54, 1.807) is 6.08 Å². The topological polar surface area (TPSA) is 49.3 Å². The Bertz CT molecular complexity index is 326. The summed E-state index contributed by atoms with van der Waals surface area (Å²) in [6.07, 6.45) is 8.27. The van der Waals surface area contributed by atoms with Gasteiger partial charge in [-0.2, -0.15) is 0 Å². The monoisotopic (exact) mass is 177 g/mol. The first-order valence-corrected chi connectivity index (χ1v) is 4.33. The molecule has 2 rings (SSSR count). The fourth-order valence-electron chi connectivity index (χ4n) is 1.59. The Labute approximate surface area is 76.4 Å². The lowest BCUT2D eigenvalue weighted by Crippen LogP contribution is -2.19. The van der Waals surface area contributed by atoms with Gasteiger partial charge in [0.1, 0.15) is 0 Å². The molecule has 0 spiro atoms. The minimum Gasteiger partial charge on any atom is -0.481 e. The van der Waals surface area contributed by atoms with Gasteiger partial charge in [-0.25, -0.2) is 0 Å². The Balaban J connectivity index is 2.27. The van der Waals surface area contributed by atoms with Crippen molar-refractivity contribution >= 4 is 5.97 Å². The second kappa shape index (κ2) is 3.09. The van der Waals surface area contributed by atoms with E-state index in [-0.39, 0.29) is 0 Å². The van der Waals surface area contributed by atoms with E-state index in [0.29, 0.717) is 0 Å². The number of hydrogen-bond donors (Lipinski definition) is 2. The fraction of sp³-hybridized carbons (Fsp3) is 0.300. The standard InChI is InChI=1S/C10H11NO2/c12-10(13)8-1-2-9-6-11-4-3-7(9)5-8/h1-2,5-6,8,11H,3-4H2,(H,12,13). The summed E-state index contributed by atoms with van der Waals surface area (Å²) in [6.45, 7) is 0.898. The zero-order valence-electron chi connectivity index (χ0n) is 7.16. The Hall–Kier alpha value is -1.51. The number of carboxylic acids is 1. The van der Waals surface area contributed by atoms with Crippen LogP contribution in [0, 0.1) is 5.92 Å². The number of rotatable bonds is 1. The maximum Gasteiger partial charge on any atom is 0.314 e. The molecular weight excluding hydrogens is 166 g/mol. The molecule has 1 aliphatic heterocycles. The zero-order valence-corrected chi connectivity index (χ0v) is 7.16. The van der Waals surface area contributed by atoms with Crippen molar-refractivity contribution in [2.45, 2.75) is 6.42 Å². The molecule has 0 saturated carbocycles. The smallest absolute Gasteiger partial charge is 0.314 e. The lowest BCUT2D eigenvalue weighted by Gasteiger charge is -2.20. The SMILES string of the molecule is O=C(O)C1C=CC2=CNCCC2=C1. The van der Waals surface area contributed by atoms with E-state index in [2.05, 4.69) is 5.32 Å². The summed E-state index contributed by atoms with van der Waals surface area (Å²) < 4.78 is 0. The van der Waals surface area contributed by atoms with Gasteiger partial charge in [-0.3, -0.25) is 4.79 Å².